The molecule has 2 nitrogen and oxygen atoms in total. The largest absolute Gasteiger partial charge is 0.500 e. The van der Waals surface area contributed by atoms with Gasteiger partial charge in [-0.25, -0.2) is 8.78 Å². The summed E-state index contributed by atoms with van der Waals surface area (Å²) >= 11 is 3.04. The van der Waals surface area contributed by atoms with Gasteiger partial charge in [-0.2, -0.15) is 0 Å². The van der Waals surface area contributed by atoms with Crippen LogP contribution in [0.1, 0.15) is 27.7 Å². The molecule has 1 aromatic carbocycles. The van der Waals surface area contributed by atoms with Crippen LogP contribution in [0.3, 0.4) is 0 Å². The zero-order valence-corrected chi connectivity index (χ0v) is 12.3. The van der Waals surface area contributed by atoms with Crippen LogP contribution in [0.5, 0.6) is 0 Å². The second-order valence-electron chi connectivity index (χ2n) is 5.37. The molecule has 0 bridgehead atoms. The Kier molecular flexibility index (Phi) is 3.32. The summed E-state index contributed by atoms with van der Waals surface area (Å²) in [4.78, 5) is 0. The number of hydrogen-bond acceptors (Lipinski definition) is 2. The maximum Gasteiger partial charge on any atom is 0.500 e. The molecular weight excluding hydrogens is 305 g/mol. The van der Waals surface area contributed by atoms with Gasteiger partial charge in [-0.15, -0.1) is 0 Å². The summed E-state index contributed by atoms with van der Waals surface area (Å²) in [5, 5.41) is 0. The van der Waals surface area contributed by atoms with E-state index in [1.54, 1.807) is 0 Å². The van der Waals surface area contributed by atoms with Gasteiger partial charge < -0.3 is 9.31 Å². The molecule has 1 aliphatic heterocycles. The topological polar surface area (TPSA) is 18.5 Å². The highest BCUT2D eigenvalue weighted by molar-refractivity contribution is 9.10. The molecule has 1 fully saturated rings. The highest BCUT2D eigenvalue weighted by Gasteiger charge is 2.53. The van der Waals surface area contributed by atoms with E-state index in [4.69, 9.17) is 9.31 Å². The predicted molar refractivity (Wildman–Crippen MR) is 69.8 cm³/mol. The van der Waals surface area contributed by atoms with Crippen molar-refractivity contribution >= 4 is 28.5 Å². The molecule has 1 aromatic rings. The molecule has 0 saturated carbocycles. The van der Waals surface area contributed by atoms with Crippen LogP contribution in [0.25, 0.3) is 0 Å². The lowest BCUT2D eigenvalue weighted by molar-refractivity contribution is 0.00578. The van der Waals surface area contributed by atoms with Gasteiger partial charge in [0.25, 0.3) is 0 Å². The van der Waals surface area contributed by atoms with E-state index in [1.807, 2.05) is 27.7 Å². The number of rotatable bonds is 1. The molecule has 2 rings (SSSR count). The summed E-state index contributed by atoms with van der Waals surface area (Å²) in [6.45, 7) is 7.34. The van der Waals surface area contributed by atoms with Gasteiger partial charge in [0.05, 0.1) is 16.7 Å². The van der Waals surface area contributed by atoms with Crippen molar-refractivity contribution < 1.29 is 18.1 Å². The van der Waals surface area contributed by atoms with Crippen molar-refractivity contribution in [2.75, 3.05) is 0 Å². The lowest BCUT2D eigenvalue weighted by Crippen LogP contribution is -2.41. The van der Waals surface area contributed by atoms with Gasteiger partial charge in [0, 0.05) is 4.47 Å². The van der Waals surface area contributed by atoms with Gasteiger partial charge in [-0.1, -0.05) is 15.9 Å². The van der Waals surface area contributed by atoms with Crippen LogP contribution in [0.2, 0.25) is 0 Å². The number of benzene rings is 1. The summed E-state index contributed by atoms with van der Waals surface area (Å²) in [6, 6.07) is 2.40. The second kappa shape index (κ2) is 4.29. The molecule has 98 valence electrons. The Balaban J connectivity index is 2.42. The van der Waals surface area contributed by atoms with E-state index < -0.39 is 30.0 Å². The van der Waals surface area contributed by atoms with E-state index in [9.17, 15) is 8.78 Å². The first-order valence-electron chi connectivity index (χ1n) is 5.64. The molecule has 18 heavy (non-hydrogen) atoms. The zero-order chi connectivity index (χ0) is 13.7. The number of halogens is 3. The molecule has 1 saturated heterocycles. The molecule has 0 aromatic heterocycles. The average molecular weight is 319 g/mol. The normalized spacial score (nSPS) is 21.4. The molecule has 1 aliphatic rings. The third-order valence-electron chi connectivity index (χ3n) is 3.53. The summed E-state index contributed by atoms with van der Waals surface area (Å²) < 4.78 is 39.3. The molecule has 0 aliphatic carbocycles. The van der Waals surface area contributed by atoms with Gasteiger partial charge in [0.15, 0.2) is 0 Å². The third-order valence-corrected chi connectivity index (χ3v) is 3.99. The summed E-state index contributed by atoms with van der Waals surface area (Å²) in [5.74, 6) is -1.36. The molecule has 0 amide bonds. The van der Waals surface area contributed by atoms with Crippen molar-refractivity contribution in [3.8, 4) is 0 Å². The van der Waals surface area contributed by atoms with E-state index in [0.717, 1.165) is 0 Å². The van der Waals surface area contributed by atoms with E-state index in [2.05, 4.69) is 15.9 Å². The Labute approximate surface area is 114 Å². The molecule has 6 heteroatoms. The van der Waals surface area contributed by atoms with Crippen LogP contribution in [-0.2, 0) is 9.31 Å². The van der Waals surface area contributed by atoms with Gasteiger partial charge in [0.1, 0.15) is 11.6 Å². The molecule has 1 heterocycles. The predicted octanol–water partition coefficient (Wildman–Crippen LogP) is 3.03. The van der Waals surface area contributed by atoms with E-state index >= 15 is 0 Å². The number of hydrogen-bond donors (Lipinski definition) is 0. The van der Waals surface area contributed by atoms with Crippen LogP contribution >= 0.6 is 15.9 Å². The monoisotopic (exact) mass is 318 g/mol. The summed E-state index contributed by atoms with van der Waals surface area (Å²) in [7, 11) is -1.02. The standard InChI is InChI=1S/C12H14BBrF2O2/c1-11(2)12(3,4)18-13(17-11)10-8(15)5-7(14)6-9(10)16/h5-6H,1-4H3. The van der Waals surface area contributed by atoms with Crippen molar-refractivity contribution in [3.63, 3.8) is 0 Å². The summed E-state index contributed by atoms with van der Waals surface area (Å²) in [5.41, 5.74) is -1.43. The first-order chi connectivity index (χ1) is 8.14. The average Bonchev–Trinajstić information content (AvgIpc) is 2.32. The maximum atomic E-state index is 13.8. The van der Waals surface area contributed by atoms with Gasteiger partial charge in [-0.05, 0) is 39.8 Å². The Morgan fingerprint density at radius 2 is 1.39 bits per heavy atom. The fourth-order valence-corrected chi connectivity index (χ4v) is 2.14. The van der Waals surface area contributed by atoms with E-state index in [-0.39, 0.29) is 5.46 Å². The molecule has 0 unspecified atom stereocenters. The molecule has 0 spiro atoms. The first kappa shape index (κ1) is 14.0. The molecule has 0 atom stereocenters. The Morgan fingerprint density at radius 3 is 1.78 bits per heavy atom. The zero-order valence-electron chi connectivity index (χ0n) is 10.7. The lowest BCUT2D eigenvalue weighted by atomic mass is 9.78. The van der Waals surface area contributed by atoms with Crippen LogP contribution < -0.4 is 5.46 Å². The van der Waals surface area contributed by atoms with Gasteiger partial charge in [-0.3, -0.25) is 0 Å². The van der Waals surface area contributed by atoms with Crippen LogP contribution in [0.15, 0.2) is 16.6 Å². The minimum Gasteiger partial charge on any atom is -0.399 e. The minimum absolute atomic E-state index is 0.183. The SMILES string of the molecule is CC1(C)OB(c2c(F)cc(Br)cc2F)OC1(C)C. The van der Waals surface area contributed by atoms with E-state index in [0.29, 0.717) is 4.47 Å². The third kappa shape index (κ3) is 2.21. The molecular formula is C12H14BBrF2O2. The first-order valence-corrected chi connectivity index (χ1v) is 6.43. The maximum absolute atomic E-state index is 13.8. The van der Waals surface area contributed by atoms with Crippen molar-refractivity contribution in [1.82, 2.24) is 0 Å². The fraction of sp³-hybridized carbons (Fsp3) is 0.500. The van der Waals surface area contributed by atoms with Crippen molar-refractivity contribution in [2.24, 2.45) is 0 Å². The molecule has 0 N–H and O–H groups in total. The lowest BCUT2D eigenvalue weighted by Gasteiger charge is -2.32. The fourth-order valence-electron chi connectivity index (χ4n) is 1.74. The van der Waals surface area contributed by atoms with Crippen LogP contribution in [0.4, 0.5) is 8.78 Å². The Bertz CT molecular complexity index is 452. The Hall–Kier alpha value is -0.455. The van der Waals surface area contributed by atoms with Crippen LogP contribution in [0, 0.1) is 11.6 Å². The second-order valence-corrected chi connectivity index (χ2v) is 6.29. The quantitative estimate of drug-likeness (QED) is 0.741. The van der Waals surface area contributed by atoms with Gasteiger partial charge >= 0.3 is 7.12 Å². The smallest absolute Gasteiger partial charge is 0.399 e. The minimum atomic E-state index is -1.02. The molecule has 0 radical (unpaired) electrons. The van der Waals surface area contributed by atoms with Crippen LogP contribution in [-0.4, -0.2) is 18.3 Å². The van der Waals surface area contributed by atoms with Gasteiger partial charge in [0.2, 0.25) is 0 Å². The summed E-state index contributed by atoms with van der Waals surface area (Å²) in [6.07, 6.45) is 0. The van der Waals surface area contributed by atoms with Crippen molar-refractivity contribution in [1.29, 1.82) is 0 Å². The van der Waals surface area contributed by atoms with E-state index in [1.165, 1.54) is 12.1 Å². The van der Waals surface area contributed by atoms with Crippen molar-refractivity contribution in [3.05, 3.63) is 28.2 Å². The highest BCUT2D eigenvalue weighted by Crippen LogP contribution is 2.37. The Morgan fingerprint density at radius 1 is 1.00 bits per heavy atom. The highest BCUT2D eigenvalue weighted by atomic mass is 79.9. The van der Waals surface area contributed by atoms with Crippen molar-refractivity contribution in [2.45, 2.75) is 38.9 Å².